The van der Waals surface area contributed by atoms with Crippen molar-refractivity contribution in [2.24, 2.45) is 5.73 Å². The molecule has 0 saturated carbocycles. The Morgan fingerprint density at radius 3 is 2.24 bits per heavy atom. The van der Waals surface area contributed by atoms with Crippen molar-refractivity contribution < 1.29 is 4.79 Å². The first kappa shape index (κ1) is 19.2. The molecule has 136 valence electrons. The molecule has 1 aromatic carbocycles. The van der Waals surface area contributed by atoms with Gasteiger partial charge in [-0.1, -0.05) is 88.6 Å². The summed E-state index contributed by atoms with van der Waals surface area (Å²) in [5.41, 5.74) is 5.94. The fraction of sp³-hybridized carbons (Fsp3) is 0.524. The second-order valence-corrected chi connectivity index (χ2v) is 6.80. The van der Waals surface area contributed by atoms with Crippen LogP contribution in [0.15, 0.2) is 42.7 Å². The largest absolute Gasteiger partial charge is 0.369 e. The van der Waals surface area contributed by atoms with Crippen LogP contribution in [0.2, 0.25) is 0 Å². The third-order valence-corrected chi connectivity index (χ3v) is 5.00. The highest BCUT2D eigenvalue weighted by molar-refractivity contribution is 5.89. The molecule has 2 rings (SSSR count). The predicted molar refractivity (Wildman–Crippen MR) is 102 cm³/mol. The molecule has 25 heavy (non-hydrogen) atoms. The first-order chi connectivity index (χ1) is 12.2. The molecule has 3 N–H and O–H groups in total. The van der Waals surface area contributed by atoms with E-state index in [4.69, 9.17) is 5.73 Å². The number of imidazole rings is 1. The molecule has 0 aliphatic carbocycles. The van der Waals surface area contributed by atoms with Crippen molar-refractivity contribution in [3.8, 4) is 0 Å². The molecule has 1 unspecified atom stereocenters. The average Bonchev–Trinajstić information content (AvgIpc) is 3.16. The molecule has 2 aromatic rings. The number of rotatable bonds is 12. The summed E-state index contributed by atoms with van der Waals surface area (Å²) in [6.45, 7) is 2.24. The summed E-state index contributed by atoms with van der Waals surface area (Å²) in [5, 5.41) is 0. The number of H-pyrrole nitrogens is 1. The monoisotopic (exact) mass is 341 g/mol. The van der Waals surface area contributed by atoms with E-state index in [1.165, 1.54) is 38.5 Å². The molecular formula is C21H31N3O. The second-order valence-electron chi connectivity index (χ2n) is 6.80. The number of hydrogen-bond acceptors (Lipinski definition) is 2. The molecule has 0 radical (unpaired) electrons. The number of nitrogens with two attached hydrogens (primary N) is 1. The van der Waals surface area contributed by atoms with Crippen molar-refractivity contribution in [2.75, 3.05) is 0 Å². The number of nitrogens with zero attached hydrogens (tertiary/aromatic N) is 1. The highest BCUT2D eigenvalue weighted by Crippen LogP contribution is 2.35. The Balaban J connectivity index is 2.02. The zero-order valence-electron chi connectivity index (χ0n) is 15.3. The van der Waals surface area contributed by atoms with Gasteiger partial charge >= 0.3 is 0 Å². The van der Waals surface area contributed by atoms with Gasteiger partial charge < -0.3 is 10.7 Å². The van der Waals surface area contributed by atoms with E-state index >= 15 is 0 Å². The minimum absolute atomic E-state index is 0.336. The summed E-state index contributed by atoms with van der Waals surface area (Å²) >= 11 is 0. The number of hydrogen-bond donors (Lipinski definition) is 2. The molecule has 0 aliphatic heterocycles. The van der Waals surface area contributed by atoms with Crippen LogP contribution in [-0.4, -0.2) is 15.9 Å². The fourth-order valence-corrected chi connectivity index (χ4v) is 3.53. The minimum Gasteiger partial charge on any atom is -0.369 e. The third-order valence-electron chi connectivity index (χ3n) is 5.00. The Labute approximate surface area is 151 Å². The lowest BCUT2D eigenvalue weighted by molar-refractivity contribution is -0.122. The van der Waals surface area contributed by atoms with Crippen LogP contribution in [0.25, 0.3) is 0 Å². The number of unbranched alkanes of at least 4 members (excludes halogenated alkanes) is 7. The van der Waals surface area contributed by atoms with Crippen LogP contribution in [0, 0.1) is 0 Å². The minimum atomic E-state index is -0.868. The first-order valence-electron chi connectivity index (χ1n) is 9.57. The van der Waals surface area contributed by atoms with Crippen molar-refractivity contribution in [1.82, 2.24) is 9.97 Å². The van der Waals surface area contributed by atoms with Gasteiger partial charge in [0.1, 0.15) is 11.2 Å². The molecule has 0 bridgehead atoms. The number of nitrogens with one attached hydrogen (secondary N) is 1. The van der Waals surface area contributed by atoms with Gasteiger partial charge in [0.05, 0.1) is 0 Å². The van der Waals surface area contributed by atoms with E-state index in [2.05, 4.69) is 16.9 Å². The van der Waals surface area contributed by atoms with Crippen LogP contribution < -0.4 is 5.73 Å². The molecule has 0 spiro atoms. The molecule has 1 amide bonds. The van der Waals surface area contributed by atoms with Crippen LogP contribution in [0.5, 0.6) is 0 Å². The second kappa shape index (κ2) is 10.0. The molecule has 1 aromatic heterocycles. The highest BCUT2D eigenvalue weighted by atomic mass is 16.1. The van der Waals surface area contributed by atoms with Gasteiger partial charge in [-0.3, -0.25) is 4.79 Å². The van der Waals surface area contributed by atoms with Crippen molar-refractivity contribution >= 4 is 5.91 Å². The topological polar surface area (TPSA) is 71.8 Å². The Kier molecular flexibility index (Phi) is 7.71. The van der Waals surface area contributed by atoms with E-state index in [0.717, 1.165) is 18.4 Å². The molecule has 0 fully saturated rings. The van der Waals surface area contributed by atoms with Crippen molar-refractivity contribution in [1.29, 1.82) is 0 Å². The standard InChI is InChI=1S/C21H31N3O/c1-2-3-4-5-6-7-8-12-15-21(19(22)25,20-23-16-17-24-20)18-13-10-9-11-14-18/h9-11,13-14,16-17H,2-8,12,15H2,1H3,(H2,22,25)(H,23,24). The SMILES string of the molecule is CCCCCCCCCCC(C(N)=O)(c1ccccc1)c1ncc[nH]1. The molecule has 1 heterocycles. The molecule has 0 saturated heterocycles. The Hall–Kier alpha value is -2.10. The van der Waals surface area contributed by atoms with Gasteiger partial charge in [-0.2, -0.15) is 0 Å². The molecule has 4 heteroatoms. The van der Waals surface area contributed by atoms with Gasteiger partial charge in [0, 0.05) is 12.4 Å². The number of benzene rings is 1. The van der Waals surface area contributed by atoms with E-state index < -0.39 is 5.41 Å². The summed E-state index contributed by atoms with van der Waals surface area (Å²) in [6.07, 6.45) is 14.0. The third kappa shape index (κ3) is 4.94. The summed E-state index contributed by atoms with van der Waals surface area (Å²) in [7, 11) is 0. The summed E-state index contributed by atoms with van der Waals surface area (Å²) in [5.74, 6) is 0.311. The van der Waals surface area contributed by atoms with Gasteiger partial charge in [0.2, 0.25) is 5.91 Å². The zero-order valence-corrected chi connectivity index (χ0v) is 15.3. The number of carbonyl (C=O) groups excluding carboxylic acids is 1. The predicted octanol–water partition coefficient (Wildman–Crippen LogP) is 4.71. The van der Waals surface area contributed by atoms with Crippen LogP contribution in [0.1, 0.15) is 76.1 Å². The number of aromatic amines is 1. The molecular weight excluding hydrogens is 310 g/mol. The van der Waals surface area contributed by atoms with Gasteiger partial charge in [0.25, 0.3) is 0 Å². The summed E-state index contributed by atoms with van der Waals surface area (Å²) in [6, 6.07) is 9.79. The van der Waals surface area contributed by atoms with Crippen LogP contribution in [0.3, 0.4) is 0 Å². The van der Waals surface area contributed by atoms with E-state index in [-0.39, 0.29) is 5.91 Å². The maximum atomic E-state index is 12.5. The summed E-state index contributed by atoms with van der Waals surface area (Å²) < 4.78 is 0. The number of carbonyl (C=O) groups is 1. The lowest BCUT2D eigenvalue weighted by atomic mass is 9.74. The Morgan fingerprint density at radius 1 is 1.04 bits per heavy atom. The number of primary amides is 1. The number of amides is 1. The first-order valence-corrected chi connectivity index (χ1v) is 9.57. The Morgan fingerprint density at radius 2 is 1.68 bits per heavy atom. The molecule has 0 aliphatic rings. The van der Waals surface area contributed by atoms with Crippen LogP contribution >= 0.6 is 0 Å². The highest BCUT2D eigenvalue weighted by Gasteiger charge is 2.42. The zero-order chi connectivity index (χ0) is 18.0. The maximum Gasteiger partial charge on any atom is 0.235 e. The van der Waals surface area contributed by atoms with Gasteiger partial charge in [-0.15, -0.1) is 0 Å². The van der Waals surface area contributed by atoms with Gasteiger partial charge in [-0.05, 0) is 12.0 Å². The summed E-state index contributed by atoms with van der Waals surface area (Å²) in [4.78, 5) is 20.0. The van der Waals surface area contributed by atoms with Crippen LogP contribution in [0.4, 0.5) is 0 Å². The smallest absolute Gasteiger partial charge is 0.235 e. The van der Waals surface area contributed by atoms with Crippen molar-refractivity contribution in [3.63, 3.8) is 0 Å². The van der Waals surface area contributed by atoms with E-state index in [1.807, 2.05) is 30.3 Å². The van der Waals surface area contributed by atoms with E-state index in [0.29, 0.717) is 12.2 Å². The van der Waals surface area contributed by atoms with Gasteiger partial charge in [0.15, 0.2) is 0 Å². The van der Waals surface area contributed by atoms with Crippen LogP contribution in [-0.2, 0) is 10.2 Å². The molecule has 4 nitrogen and oxygen atoms in total. The Bertz CT molecular complexity index is 609. The van der Waals surface area contributed by atoms with E-state index in [9.17, 15) is 4.79 Å². The lowest BCUT2D eigenvalue weighted by Crippen LogP contribution is -2.43. The number of aromatic nitrogens is 2. The normalized spacial score (nSPS) is 13.5. The molecule has 1 atom stereocenters. The maximum absolute atomic E-state index is 12.5. The quantitative estimate of drug-likeness (QED) is 0.549. The van der Waals surface area contributed by atoms with Crippen molar-refractivity contribution in [2.45, 2.75) is 70.1 Å². The fourth-order valence-electron chi connectivity index (χ4n) is 3.53. The average molecular weight is 341 g/mol. The lowest BCUT2D eigenvalue weighted by Gasteiger charge is -2.29. The van der Waals surface area contributed by atoms with Gasteiger partial charge in [-0.25, -0.2) is 4.98 Å². The van der Waals surface area contributed by atoms with Crippen molar-refractivity contribution in [3.05, 3.63) is 54.1 Å². The van der Waals surface area contributed by atoms with E-state index in [1.54, 1.807) is 12.4 Å².